The molecule has 3 rings (SSSR count). The molecule has 1 aromatic rings. The summed E-state index contributed by atoms with van der Waals surface area (Å²) >= 11 is 7.00. The van der Waals surface area contributed by atoms with E-state index in [0.717, 1.165) is 35.5 Å². The standard InChI is InChI=1S/C17H17N7O9S4/c1-23-16(20-21-22-23)36-4-5-3-35-15-17(33-2,14(32)24(15)7(5)11(29)30)19-9(26)12(31)37-13(34)6(8(18)25)10(27)28/h15,27-28H,3-4H2,1-2H3,(H2,18,25)(H,19,26)(H,29,30)/t15-,17+/m1/s1. The van der Waals surface area contributed by atoms with E-state index in [1.165, 1.54) is 4.68 Å². The van der Waals surface area contributed by atoms with Gasteiger partial charge in [-0.15, -0.1) is 16.9 Å². The number of carbonyl (C=O) groups excluding carboxylic acids is 4. The highest BCUT2D eigenvalue weighted by molar-refractivity contribution is 8.34. The van der Waals surface area contributed by atoms with Crippen LogP contribution in [0.3, 0.4) is 0 Å². The number of ether oxygens (including phenoxy) is 1. The Balaban J connectivity index is 1.78. The van der Waals surface area contributed by atoms with Crippen molar-refractivity contribution >= 4 is 80.5 Å². The molecule has 0 aromatic carbocycles. The Bertz CT molecular complexity index is 1280. The second-order valence-electron chi connectivity index (χ2n) is 7.10. The maximum absolute atomic E-state index is 13.1. The number of carboxylic acids is 1. The van der Waals surface area contributed by atoms with Crippen LogP contribution in [0.15, 0.2) is 27.9 Å². The van der Waals surface area contributed by atoms with Gasteiger partial charge >= 0.3 is 11.9 Å². The van der Waals surface area contributed by atoms with E-state index in [2.05, 4.69) is 20.8 Å². The molecule has 0 aliphatic carbocycles. The highest BCUT2D eigenvalue weighted by atomic mass is 32.2. The highest BCUT2D eigenvalue weighted by Gasteiger charge is 2.67. The van der Waals surface area contributed by atoms with Gasteiger partial charge in [-0.05, 0) is 27.8 Å². The smallest absolute Gasteiger partial charge is 0.352 e. The van der Waals surface area contributed by atoms with Gasteiger partial charge in [-0.2, -0.15) is 0 Å². The summed E-state index contributed by atoms with van der Waals surface area (Å²) in [4.78, 5) is 62.4. The van der Waals surface area contributed by atoms with Crippen molar-refractivity contribution < 1.29 is 44.0 Å². The number of aromatic nitrogens is 4. The van der Waals surface area contributed by atoms with Crippen LogP contribution in [0.1, 0.15) is 0 Å². The second-order valence-corrected chi connectivity index (χ2v) is 10.8. The fraction of sp³-hybridized carbons (Fsp3) is 0.353. The van der Waals surface area contributed by atoms with Crippen molar-refractivity contribution in [2.75, 3.05) is 18.6 Å². The van der Waals surface area contributed by atoms with Crippen molar-refractivity contribution in [1.82, 2.24) is 30.4 Å². The van der Waals surface area contributed by atoms with Crippen molar-refractivity contribution in [1.29, 1.82) is 0 Å². The van der Waals surface area contributed by atoms with Crippen molar-refractivity contribution in [3.05, 3.63) is 22.8 Å². The predicted octanol–water partition coefficient (Wildman–Crippen LogP) is -1.58. The van der Waals surface area contributed by atoms with Gasteiger partial charge in [0, 0.05) is 25.7 Å². The molecule has 1 saturated heterocycles. The Morgan fingerprint density at radius 2 is 2.00 bits per heavy atom. The van der Waals surface area contributed by atoms with E-state index in [9.17, 15) is 29.1 Å². The minimum atomic E-state index is -2.08. The molecule has 16 nitrogen and oxygen atoms in total. The van der Waals surface area contributed by atoms with E-state index in [4.69, 9.17) is 32.9 Å². The zero-order valence-corrected chi connectivity index (χ0v) is 22.0. The lowest BCUT2D eigenvalue weighted by atomic mass is 9.98. The number of nitrogens with zero attached hydrogens (tertiary/aromatic N) is 5. The first-order chi connectivity index (χ1) is 17.3. The maximum Gasteiger partial charge on any atom is 0.352 e. The third kappa shape index (κ3) is 5.28. The number of aryl methyl sites for hydroxylation is 1. The lowest BCUT2D eigenvalue weighted by Crippen LogP contribution is -2.81. The number of thiocarbonyl (C=S) groups is 1. The average Bonchev–Trinajstić information content (AvgIpc) is 3.23. The van der Waals surface area contributed by atoms with Crippen LogP contribution in [0.5, 0.6) is 0 Å². The fourth-order valence-corrected chi connectivity index (χ4v) is 6.71. The summed E-state index contributed by atoms with van der Waals surface area (Å²) in [7, 11) is 2.70. The molecule has 6 N–H and O–H groups in total. The molecule has 1 aromatic heterocycles. The molecule has 0 bridgehead atoms. The van der Waals surface area contributed by atoms with Gasteiger partial charge in [0.05, 0.1) is 4.20 Å². The van der Waals surface area contributed by atoms with Crippen LogP contribution in [0.4, 0.5) is 0 Å². The molecule has 0 radical (unpaired) electrons. The molecule has 0 spiro atoms. The van der Waals surface area contributed by atoms with Crippen LogP contribution in [-0.2, 0) is 35.8 Å². The number of fused-ring (bicyclic) bond motifs is 1. The number of amides is 3. The van der Waals surface area contributed by atoms with Crippen molar-refractivity contribution in [2.45, 2.75) is 16.3 Å². The van der Waals surface area contributed by atoms with Crippen molar-refractivity contribution in [2.24, 2.45) is 12.8 Å². The average molecular weight is 592 g/mol. The molecule has 3 amide bonds. The minimum absolute atomic E-state index is 0.00874. The van der Waals surface area contributed by atoms with E-state index in [-0.39, 0.29) is 29.0 Å². The molecule has 2 aliphatic rings. The lowest BCUT2D eigenvalue weighted by molar-refractivity contribution is -0.192. The van der Waals surface area contributed by atoms with Gasteiger partial charge < -0.3 is 31.1 Å². The number of rotatable bonds is 8. The SMILES string of the molecule is CO[C@@]1(NC(=O)C(=O)SC(=S)C(C(N)=O)=C(O)O)C(=O)N2C(C(=O)O)=C(CSc3nnnn3C)CS[C@@H]21. The van der Waals surface area contributed by atoms with Crippen molar-refractivity contribution in [3.63, 3.8) is 0 Å². The van der Waals surface area contributed by atoms with Crippen LogP contribution >= 0.6 is 47.5 Å². The van der Waals surface area contributed by atoms with Crippen LogP contribution in [-0.4, -0.2) is 103 Å². The molecule has 2 aliphatic heterocycles. The van der Waals surface area contributed by atoms with Crippen LogP contribution in [0.2, 0.25) is 0 Å². The maximum atomic E-state index is 13.1. The van der Waals surface area contributed by atoms with Gasteiger partial charge in [0.25, 0.3) is 28.6 Å². The summed E-state index contributed by atoms with van der Waals surface area (Å²) in [6.07, 6.45) is 0. The fourth-order valence-electron chi connectivity index (χ4n) is 3.25. The Labute approximate surface area is 225 Å². The number of aliphatic carboxylic acids is 1. The quantitative estimate of drug-likeness (QED) is 0.0435. The van der Waals surface area contributed by atoms with Crippen molar-refractivity contribution in [3.8, 4) is 0 Å². The zero-order chi connectivity index (χ0) is 27.7. The molecule has 0 unspecified atom stereocenters. The van der Waals surface area contributed by atoms with E-state index < -0.39 is 55.6 Å². The number of primary amides is 1. The molecule has 3 heterocycles. The summed E-state index contributed by atoms with van der Waals surface area (Å²) in [5.74, 6) is -6.27. The third-order valence-corrected chi connectivity index (χ3v) is 8.62. The molecule has 1 fully saturated rings. The number of β-lactam (4-membered cyclic amide) rings is 1. The molecule has 0 saturated carbocycles. The molecule has 20 heteroatoms. The number of thioether (sulfide) groups is 3. The summed E-state index contributed by atoms with van der Waals surface area (Å²) in [6, 6.07) is 0. The Kier molecular flexibility index (Phi) is 8.47. The molecular weight excluding hydrogens is 574 g/mol. The van der Waals surface area contributed by atoms with Gasteiger partial charge in [-0.1, -0.05) is 24.0 Å². The summed E-state index contributed by atoms with van der Waals surface area (Å²) in [5, 5.41) is 39.3. The van der Waals surface area contributed by atoms with E-state index in [1.54, 1.807) is 7.05 Å². The minimum Gasteiger partial charge on any atom is -0.480 e. The molecule has 2 atom stereocenters. The number of carboxylic acid groups (broad SMARTS) is 1. The molecule has 198 valence electrons. The third-order valence-electron chi connectivity index (χ3n) is 4.94. The predicted molar refractivity (Wildman–Crippen MR) is 132 cm³/mol. The number of methoxy groups -OCH3 is 1. The number of carbonyl (C=O) groups is 5. The Hall–Kier alpha value is -3.20. The van der Waals surface area contributed by atoms with Crippen LogP contribution < -0.4 is 11.1 Å². The monoisotopic (exact) mass is 591 g/mol. The first-order valence-electron chi connectivity index (χ1n) is 9.67. The number of nitrogens with two attached hydrogens (primary N) is 1. The van der Waals surface area contributed by atoms with Crippen LogP contribution in [0.25, 0.3) is 0 Å². The number of tetrazole rings is 1. The first-order valence-corrected chi connectivity index (χ1v) is 12.9. The van der Waals surface area contributed by atoms with Gasteiger partial charge in [0.1, 0.15) is 16.6 Å². The van der Waals surface area contributed by atoms with Crippen LogP contribution in [0, 0.1) is 0 Å². The number of aliphatic hydroxyl groups excluding tert-OH is 1. The summed E-state index contributed by atoms with van der Waals surface area (Å²) < 4.78 is 5.96. The number of nitrogens with one attached hydrogen (secondary N) is 1. The van der Waals surface area contributed by atoms with Gasteiger partial charge in [-0.3, -0.25) is 24.1 Å². The van der Waals surface area contributed by atoms with Gasteiger partial charge in [0.2, 0.25) is 5.16 Å². The normalized spacial score (nSPS) is 20.5. The molecular formula is C17H17N7O9S4. The summed E-state index contributed by atoms with van der Waals surface area (Å²) in [5.41, 5.74) is 2.05. The Morgan fingerprint density at radius 1 is 1.32 bits per heavy atom. The largest absolute Gasteiger partial charge is 0.480 e. The lowest BCUT2D eigenvalue weighted by Gasteiger charge is -2.55. The molecule has 37 heavy (non-hydrogen) atoms. The summed E-state index contributed by atoms with van der Waals surface area (Å²) in [6.45, 7) is 0. The van der Waals surface area contributed by atoms with Gasteiger partial charge in [0.15, 0.2) is 0 Å². The number of hydrogen-bond donors (Lipinski definition) is 5. The van der Waals surface area contributed by atoms with Gasteiger partial charge in [-0.25, -0.2) is 9.48 Å². The van der Waals surface area contributed by atoms with E-state index in [0.29, 0.717) is 10.7 Å². The number of hydrogen-bond acceptors (Lipinski definition) is 15. The van der Waals surface area contributed by atoms with E-state index in [1.807, 2.05) is 0 Å². The first kappa shape index (κ1) is 28.4. The highest BCUT2D eigenvalue weighted by Crippen LogP contribution is 2.47. The topological polar surface area (TPSA) is 240 Å². The Morgan fingerprint density at radius 3 is 2.51 bits per heavy atom. The van der Waals surface area contributed by atoms with E-state index >= 15 is 0 Å². The second kappa shape index (κ2) is 11.0. The zero-order valence-electron chi connectivity index (χ0n) is 18.7. The number of aliphatic hydroxyl groups is 2.